The van der Waals surface area contributed by atoms with E-state index < -0.39 is 5.82 Å². The number of benzene rings is 2. The van der Waals surface area contributed by atoms with Crippen LogP contribution in [0.15, 0.2) is 36.4 Å². The molecule has 0 bridgehead atoms. The third-order valence-electron chi connectivity index (χ3n) is 2.78. The number of carbonyl (C=O) groups excluding carboxylic acids is 1. The number of rotatable bonds is 3. The molecule has 19 heavy (non-hydrogen) atoms. The summed E-state index contributed by atoms with van der Waals surface area (Å²) in [4.78, 5) is 12.2. The van der Waals surface area contributed by atoms with Gasteiger partial charge in [-0.15, -0.1) is 0 Å². The standard InChI is InChI=1S/C15H12ClFO2/c1-9-3-5-11(12(16)7-9)15(18)10-4-6-14(19-2)13(17)8-10/h3-8H,1-2H3. The number of ether oxygens (including phenoxy) is 1. The zero-order valence-corrected chi connectivity index (χ0v) is 11.3. The Bertz CT molecular complexity index is 638. The maximum absolute atomic E-state index is 13.6. The van der Waals surface area contributed by atoms with Gasteiger partial charge in [-0.05, 0) is 42.8 Å². The average molecular weight is 279 g/mol. The Labute approximate surface area is 115 Å². The predicted octanol–water partition coefficient (Wildman–Crippen LogP) is 4.03. The molecule has 4 heteroatoms. The first kappa shape index (κ1) is 13.6. The first-order valence-corrected chi connectivity index (χ1v) is 6.05. The van der Waals surface area contributed by atoms with Crippen LogP contribution in [0.3, 0.4) is 0 Å². The lowest BCUT2D eigenvalue weighted by Crippen LogP contribution is -2.03. The number of hydrogen-bond acceptors (Lipinski definition) is 2. The van der Waals surface area contributed by atoms with E-state index in [1.54, 1.807) is 18.2 Å². The molecule has 0 radical (unpaired) electrons. The summed E-state index contributed by atoms with van der Waals surface area (Å²) in [6.07, 6.45) is 0. The predicted molar refractivity (Wildman–Crippen MR) is 72.6 cm³/mol. The smallest absolute Gasteiger partial charge is 0.194 e. The van der Waals surface area contributed by atoms with Crippen LogP contribution in [-0.2, 0) is 0 Å². The summed E-state index contributed by atoms with van der Waals surface area (Å²) in [5, 5.41) is 0.362. The zero-order chi connectivity index (χ0) is 14.0. The quantitative estimate of drug-likeness (QED) is 0.793. The van der Waals surface area contributed by atoms with Crippen molar-refractivity contribution in [1.82, 2.24) is 0 Å². The summed E-state index contributed by atoms with van der Waals surface area (Å²) in [5.74, 6) is -0.783. The summed E-state index contributed by atoms with van der Waals surface area (Å²) in [5.41, 5.74) is 1.56. The van der Waals surface area contributed by atoms with Crippen molar-refractivity contribution in [1.29, 1.82) is 0 Å². The Morgan fingerprint density at radius 2 is 1.95 bits per heavy atom. The van der Waals surface area contributed by atoms with E-state index in [0.29, 0.717) is 10.6 Å². The fourth-order valence-corrected chi connectivity index (χ4v) is 2.09. The van der Waals surface area contributed by atoms with Crippen molar-refractivity contribution in [2.75, 3.05) is 7.11 Å². The minimum atomic E-state index is -0.573. The molecule has 0 atom stereocenters. The molecular formula is C15H12ClFO2. The molecule has 0 aliphatic carbocycles. The highest BCUT2D eigenvalue weighted by molar-refractivity contribution is 6.35. The Morgan fingerprint density at radius 1 is 1.21 bits per heavy atom. The molecule has 0 heterocycles. The van der Waals surface area contributed by atoms with E-state index >= 15 is 0 Å². The van der Waals surface area contributed by atoms with Crippen molar-refractivity contribution in [2.24, 2.45) is 0 Å². The molecule has 2 rings (SSSR count). The Balaban J connectivity index is 2.41. The van der Waals surface area contributed by atoms with Crippen molar-refractivity contribution >= 4 is 17.4 Å². The highest BCUT2D eigenvalue weighted by atomic mass is 35.5. The molecule has 2 aromatic carbocycles. The summed E-state index contributed by atoms with van der Waals surface area (Å²) in [6.45, 7) is 1.88. The number of halogens is 2. The second-order valence-electron chi connectivity index (χ2n) is 4.16. The van der Waals surface area contributed by atoms with Crippen LogP contribution in [0.1, 0.15) is 21.5 Å². The number of ketones is 1. The third kappa shape index (κ3) is 2.76. The monoisotopic (exact) mass is 278 g/mol. The van der Waals surface area contributed by atoms with Gasteiger partial charge < -0.3 is 4.74 Å². The fourth-order valence-electron chi connectivity index (χ4n) is 1.77. The molecule has 0 N–H and O–H groups in total. The Hall–Kier alpha value is -1.87. The molecule has 2 nitrogen and oxygen atoms in total. The number of aryl methyl sites for hydroxylation is 1. The molecule has 98 valence electrons. The summed E-state index contributed by atoms with van der Waals surface area (Å²) in [6, 6.07) is 9.22. The molecule has 0 saturated heterocycles. The van der Waals surface area contributed by atoms with Crippen molar-refractivity contribution in [2.45, 2.75) is 6.92 Å². The third-order valence-corrected chi connectivity index (χ3v) is 3.10. The lowest BCUT2D eigenvalue weighted by molar-refractivity contribution is 0.103. The van der Waals surface area contributed by atoms with Gasteiger partial charge in [-0.2, -0.15) is 0 Å². The Morgan fingerprint density at radius 3 is 2.53 bits per heavy atom. The minimum Gasteiger partial charge on any atom is -0.494 e. The summed E-state index contributed by atoms with van der Waals surface area (Å²) < 4.78 is 18.4. The second-order valence-corrected chi connectivity index (χ2v) is 4.57. The van der Waals surface area contributed by atoms with E-state index in [9.17, 15) is 9.18 Å². The highest BCUT2D eigenvalue weighted by Crippen LogP contribution is 2.23. The van der Waals surface area contributed by atoms with Crippen molar-refractivity contribution in [3.8, 4) is 5.75 Å². The SMILES string of the molecule is COc1ccc(C(=O)c2ccc(C)cc2Cl)cc1F. The van der Waals surface area contributed by atoms with Crippen LogP contribution in [0.5, 0.6) is 5.75 Å². The number of methoxy groups -OCH3 is 1. The van der Waals surface area contributed by atoms with E-state index in [1.165, 1.54) is 19.2 Å². The van der Waals surface area contributed by atoms with Crippen molar-refractivity contribution in [3.05, 3.63) is 63.9 Å². The maximum Gasteiger partial charge on any atom is 0.194 e. The molecule has 0 aromatic heterocycles. The van der Waals surface area contributed by atoms with Gasteiger partial charge in [0, 0.05) is 11.1 Å². The van der Waals surface area contributed by atoms with Gasteiger partial charge in [0.25, 0.3) is 0 Å². The largest absolute Gasteiger partial charge is 0.494 e. The number of hydrogen-bond donors (Lipinski definition) is 0. The highest BCUT2D eigenvalue weighted by Gasteiger charge is 2.15. The Kier molecular flexibility index (Phi) is 3.86. The molecule has 0 aliphatic heterocycles. The van der Waals surface area contributed by atoms with Gasteiger partial charge >= 0.3 is 0 Å². The van der Waals surface area contributed by atoms with E-state index in [-0.39, 0.29) is 17.1 Å². The van der Waals surface area contributed by atoms with Crippen LogP contribution in [0.25, 0.3) is 0 Å². The first-order valence-electron chi connectivity index (χ1n) is 5.67. The molecule has 0 aliphatic rings. The van der Waals surface area contributed by atoms with Gasteiger partial charge in [-0.3, -0.25) is 4.79 Å². The van der Waals surface area contributed by atoms with Gasteiger partial charge in [0.2, 0.25) is 0 Å². The van der Waals surface area contributed by atoms with Gasteiger partial charge in [0.05, 0.1) is 12.1 Å². The van der Waals surface area contributed by atoms with Crippen LogP contribution in [0, 0.1) is 12.7 Å². The van der Waals surface area contributed by atoms with Gasteiger partial charge in [-0.1, -0.05) is 17.7 Å². The minimum absolute atomic E-state index is 0.103. The number of carbonyl (C=O) groups is 1. The van der Waals surface area contributed by atoms with E-state index in [1.807, 2.05) is 6.92 Å². The van der Waals surface area contributed by atoms with E-state index in [2.05, 4.69) is 0 Å². The lowest BCUT2D eigenvalue weighted by Gasteiger charge is -2.06. The van der Waals surface area contributed by atoms with Crippen molar-refractivity contribution in [3.63, 3.8) is 0 Å². The van der Waals surface area contributed by atoms with Crippen LogP contribution in [0.4, 0.5) is 4.39 Å². The molecule has 0 spiro atoms. The van der Waals surface area contributed by atoms with Gasteiger partial charge in [-0.25, -0.2) is 4.39 Å². The summed E-state index contributed by atoms with van der Waals surface area (Å²) in [7, 11) is 1.37. The van der Waals surface area contributed by atoms with Crippen molar-refractivity contribution < 1.29 is 13.9 Å². The van der Waals surface area contributed by atoms with Crippen LogP contribution in [-0.4, -0.2) is 12.9 Å². The molecule has 0 saturated carbocycles. The van der Waals surface area contributed by atoms with Gasteiger partial charge in [0.1, 0.15) is 0 Å². The lowest BCUT2D eigenvalue weighted by atomic mass is 10.0. The topological polar surface area (TPSA) is 26.3 Å². The van der Waals surface area contributed by atoms with E-state index in [4.69, 9.17) is 16.3 Å². The molecule has 0 unspecified atom stereocenters. The molecule has 2 aromatic rings. The molecule has 0 amide bonds. The normalized spacial score (nSPS) is 10.3. The average Bonchev–Trinajstić information content (AvgIpc) is 2.38. The zero-order valence-electron chi connectivity index (χ0n) is 10.5. The first-order chi connectivity index (χ1) is 9.02. The van der Waals surface area contributed by atoms with E-state index in [0.717, 1.165) is 11.6 Å². The summed E-state index contributed by atoms with van der Waals surface area (Å²) >= 11 is 6.03. The molecule has 0 fully saturated rings. The second kappa shape index (κ2) is 5.41. The van der Waals surface area contributed by atoms with Crippen LogP contribution in [0.2, 0.25) is 5.02 Å². The fraction of sp³-hybridized carbons (Fsp3) is 0.133. The molecular weight excluding hydrogens is 267 g/mol. The van der Waals surface area contributed by atoms with Gasteiger partial charge in [0.15, 0.2) is 17.3 Å². The maximum atomic E-state index is 13.6. The van der Waals surface area contributed by atoms with Crippen LogP contribution >= 0.6 is 11.6 Å². The van der Waals surface area contributed by atoms with Crippen LogP contribution < -0.4 is 4.74 Å².